The number of hydrogen-bond acceptors (Lipinski definition) is 4. The summed E-state index contributed by atoms with van der Waals surface area (Å²) in [7, 11) is 3.39. The number of nitrogens with one attached hydrogen (secondary N) is 2. The number of likely N-dealkylation sites (tertiary alicyclic amines) is 1. The van der Waals surface area contributed by atoms with E-state index in [9.17, 15) is 14.0 Å². The summed E-state index contributed by atoms with van der Waals surface area (Å²) in [5, 5.41) is 6.66. The number of halogens is 2. The maximum absolute atomic E-state index is 13.3. The first-order valence-electron chi connectivity index (χ1n) is 10.7. The molecule has 1 heterocycles. The number of carbonyl (C=O) groups excluding carboxylic acids is 2. The highest BCUT2D eigenvalue weighted by molar-refractivity contribution is 14.0. The van der Waals surface area contributed by atoms with E-state index in [1.807, 2.05) is 6.92 Å². The number of aryl methyl sites for hydroxylation is 1. The Kier molecular flexibility index (Phi) is 12.3. The van der Waals surface area contributed by atoms with Crippen LogP contribution in [-0.4, -0.2) is 80.7 Å². The molecule has 0 atom stereocenters. The molecule has 0 saturated carbocycles. The van der Waals surface area contributed by atoms with Crippen molar-refractivity contribution in [2.75, 3.05) is 46.9 Å². The Labute approximate surface area is 207 Å². The van der Waals surface area contributed by atoms with Crippen molar-refractivity contribution in [1.82, 2.24) is 20.4 Å². The number of likely N-dealkylation sites (N-methyl/N-ethyl adjacent to an activating group) is 1. The summed E-state index contributed by atoms with van der Waals surface area (Å²) < 4.78 is 18.4. The van der Waals surface area contributed by atoms with Crippen molar-refractivity contribution < 1.29 is 18.7 Å². The summed E-state index contributed by atoms with van der Waals surface area (Å²) in [5.74, 6) is 0.228. The van der Waals surface area contributed by atoms with Gasteiger partial charge in [-0.15, -0.1) is 24.0 Å². The van der Waals surface area contributed by atoms with Gasteiger partial charge in [-0.05, 0) is 56.4 Å². The van der Waals surface area contributed by atoms with Gasteiger partial charge in [0.1, 0.15) is 12.4 Å². The van der Waals surface area contributed by atoms with Gasteiger partial charge in [0.05, 0.1) is 6.61 Å². The van der Waals surface area contributed by atoms with E-state index in [0.717, 1.165) is 24.0 Å². The van der Waals surface area contributed by atoms with Crippen molar-refractivity contribution in [3.05, 3.63) is 35.1 Å². The second-order valence-corrected chi connectivity index (χ2v) is 7.81. The first-order valence-corrected chi connectivity index (χ1v) is 10.7. The van der Waals surface area contributed by atoms with E-state index in [1.54, 1.807) is 32.0 Å². The monoisotopic (exact) mass is 563 g/mol. The lowest BCUT2D eigenvalue weighted by Gasteiger charge is -2.32. The Bertz CT molecular complexity index is 783. The first-order chi connectivity index (χ1) is 14.8. The van der Waals surface area contributed by atoms with E-state index < -0.39 is 0 Å². The molecule has 0 unspecified atom stereocenters. The van der Waals surface area contributed by atoms with Crippen molar-refractivity contribution in [1.29, 1.82) is 0 Å². The number of ether oxygens (including phenoxy) is 1. The van der Waals surface area contributed by atoms with E-state index in [4.69, 9.17) is 4.74 Å². The van der Waals surface area contributed by atoms with Gasteiger partial charge in [0.15, 0.2) is 5.96 Å². The molecular formula is C22H35FIN5O3. The van der Waals surface area contributed by atoms with Crippen molar-refractivity contribution in [2.24, 2.45) is 4.99 Å². The number of guanidine groups is 1. The molecule has 0 aliphatic carbocycles. The highest BCUT2D eigenvalue weighted by atomic mass is 127. The number of piperidine rings is 1. The first kappa shape index (κ1) is 27.9. The molecule has 32 heavy (non-hydrogen) atoms. The number of carbonyl (C=O) groups is 2. The summed E-state index contributed by atoms with van der Waals surface area (Å²) in [4.78, 5) is 31.5. The van der Waals surface area contributed by atoms with Crippen LogP contribution in [0.5, 0.6) is 0 Å². The van der Waals surface area contributed by atoms with E-state index in [2.05, 4.69) is 15.6 Å². The van der Waals surface area contributed by atoms with Gasteiger partial charge in [-0.25, -0.2) is 14.2 Å². The summed E-state index contributed by atoms with van der Waals surface area (Å²) in [6, 6.07) is 4.91. The van der Waals surface area contributed by atoms with Gasteiger partial charge in [-0.1, -0.05) is 6.07 Å². The molecule has 1 aromatic carbocycles. The van der Waals surface area contributed by atoms with Crippen LogP contribution >= 0.6 is 24.0 Å². The Hall–Kier alpha value is -2.11. The molecule has 0 radical (unpaired) electrons. The minimum atomic E-state index is -0.279. The number of nitrogens with zero attached hydrogens (tertiary/aromatic N) is 3. The second-order valence-electron chi connectivity index (χ2n) is 7.81. The van der Waals surface area contributed by atoms with Gasteiger partial charge in [0.25, 0.3) is 0 Å². The molecule has 2 N–H and O–H groups in total. The molecule has 1 aliphatic rings. The van der Waals surface area contributed by atoms with E-state index >= 15 is 0 Å². The molecule has 2 rings (SSSR count). The Morgan fingerprint density at radius 1 is 1.28 bits per heavy atom. The standard InChI is InChI=1S/C22H34FN5O3.HI/c1-5-31-22(30)28-12-9-19(10-13-28)26-21(25-15-20(29)27(3)4)24-11-8-17-6-7-18(23)14-16(17)2;/h6-7,14,19H,5,8-13,15H2,1-4H3,(H2,24,25,26);1H. The van der Waals surface area contributed by atoms with Gasteiger partial charge in [0.2, 0.25) is 5.91 Å². The van der Waals surface area contributed by atoms with Crippen LogP contribution in [-0.2, 0) is 16.0 Å². The molecule has 2 amide bonds. The number of aliphatic imine (C=N–C) groups is 1. The third kappa shape index (κ3) is 9.17. The van der Waals surface area contributed by atoms with Crippen LogP contribution in [0.15, 0.2) is 23.2 Å². The molecule has 0 spiro atoms. The highest BCUT2D eigenvalue weighted by Crippen LogP contribution is 2.12. The molecule has 1 aromatic rings. The van der Waals surface area contributed by atoms with E-state index in [0.29, 0.717) is 38.6 Å². The van der Waals surface area contributed by atoms with Crippen molar-refractivity contribution >= 4 is 41.9 Å². The fraction of sp³-hybridized carbons (Fsp3) is 0.591. The largest absolute Gasteiger partial charge is 0.450 e. The molecule has 1 fully saturated rings. The Morgan fingerprint density at radius 2 is 1.97 bits per heavy atom. The molecule has 0 aromatic heterocycles. The lowest BCUT2D eigenvalue weighted by Crippen LogP contribution is -2.50. The van der Waals surface area contributed by atoms with Gasteiger partial charge in [-0.2, -0.15) is 0 Å². The third-order valence-corrected chi connectivity index (χ3v) is 5.22. The number of benzene rings is 1. The van der Waals surface area contributed by atoms with Crippen LogP contribution in [0.3, 0.4) is 0 Å². The lowest BCUT2D eigenvalue weighted by molar-refractivity contribution is -0.127. The van der Waals surface area contributed by atoms with Crippen LogP contribution in [0.25, 0.3) is 0 Å². The van der Waals surface area contributed by atoms with Crippen molar-refractivity contribution in [3.8, 4) is 0 Å². The van der Waals surface area contributed by atoms with E-state index in [-0.39, 0.29) is 54.4 Å². The number of hydrogen-bond donors (Lipinski definition) is 2. The fourth-order valence-corrected chi connectivity index (χ4v) is 3.31. The average Bonchev–Trinajstić information content (AvgIpc) is 2.73. The molecule has 10 heteroatoms. The van der Waals surface area contributed by atoms with Crippen LogP contribution in [0, 0.1) is 12.7 Å². The minimum absolute atomic E-state index is 0. The minimum Gasteiger partial charge on any atom is -0.450 e. The zero-order chi connectivity index (χ0) is 22.8. The third-order valence-electron chi connectivity index (χ3n) is 5.22. The predicted molar refractivity (Wildman–Crippen MR) is 134 cm³/mol. The fourth-order valence-electron chi connectivity index (χ4n) is 3.31. The van der Waals surface area contributed by atoms with Gasteiger partial charge >= 0.3 is 6.09 Å². The second kappa shape index (κ2) is 14.1. The lowest BCUT2D eigenvalue weighted by atomic mass is 10.1. The normalized spacial score (nSPS) is 14.4. The average molecular weight is 563 g/mol. The van der Waals surface area contributed by atoms with Gasteiger partial charge in [-0.3, -0.25) is 4.79 Å². The maximum atomic E-state index is 13.3. The molecular weight excluding hydrogens is 528 g/mol. The predicted octanol–water partition coefficient (Wildman–Crippen LogP) is 2.54. The Morgan fingerprint density at radius 3 is 2.56 bits per heavy atom. The van der Waals surface area contributed by atoms with Gasteiger partial charge in [0, 0.05) is 39.8 Å². The summed E-state index contributed by atoms with van der Waals surface area (Å²) in [6.45, 7) is 5.90. The molecule has 1 aliphatic heterocycles. The molecule has 8 nitrogen and oxygen atoms in total. The molecule has 1 saturated heterocycles. The van der Waals surface area contributed by atoms with Crippen LogP contribution in [0.2, 0.25) is 0 Å². The topological polar surface area (TPSA) is 86.3 Å². The van der Waals surface area contributed by atoms with Crippen LogP contribution in [0.1, 0.15) is 30.9 Å². The Balaban J connectivity index is 0.00000512. The van der Waals surface area contributed by atoms with E-state index in [1.165, 1.54) is 17.0 Å². The summed E-state index contributed by atoms with van der Waals surface area (Å²) in [6.07, 6.45) is 1.95. The zero-order valence-electron chi connectivity index (χ0n) is 19.3. The summed E-state index contributed by atoms with van der Waals surface area (Å²) >= 11 is 0. The van der Waals surface area contributed by atoms with Gasteiger partial charge < -0.3 is 25.2 Å². The SMILES string of the molecule is CCOC(=O)N1CCC(NC(=NCC(=O)N(C)C)NCCc2ccc(F)cc2C)CC1.I. The van der Waals surface area contributed by atoms with Crippen LogP contribution in [0.4, 0.5) is 9.18 Å². The smallest absolute Gasteiger partial charge is 0.409 e. The molecule has 0 bridgehead atoms. The molecule has 180 valence electrons. The van der Waals surface area contributed by atoms with Crippen molar-refractivity contribution in [3.63, 3.8) is 0 Å². The summed E-state index contributed by atoms with van der Waals surface area (Å²) in [5.41, 5.74) is 1.96. The maximum Gasteiger partial charge on any atom is 0.409 e. The number of amides is 2. The number of rotatable bonds is 7. The quantitative estimate of drug-likeness (QED) is 0.303. The zero-order valence-corrected chi connectivity index (χ0v) is 21.6. The highest BCUT2D eigenvalue weighted by Gasteiger charge is 2.24. The van der Waals surface area contributed by atoms with Crippen molar-refractivity contribution in [2.45, 2.75) is 39.2 Å². The van der Waals surface area contributed by atoms with Crippen LogP contribution < -0.4 is 10.6 Å².